The fourth-order valence-electron chi connectivity index (χ4n) is 3.55. The van der Waals surface area contributed by atoms with Crippen LogP contribution in [0.5, 0.6) is 0 Å². The van der Waals surface area contributed by atoms with Gasteiger partial charge in [-0.05, 0) is 54.1 Å². The molecule has 4 rings (SSSR count). The van der Waals surface area contributed by atoms with Gasteiger partial charge in [0.15, 0.2) is 0 Å². The summed E-state index contributed by atoms with van der Waals surface area (Å²) in [7, 11) is -4.15. The summed E-state index contributed by atoms with van der Waals surface area (Å²) in [6.45, 7) is 2.06. The highest BCUT2D eigenvalue weighted by Crippen LogP contribution is 2.34. The van der Waals surface area contributed by atoms with Gasteiger partial charge in [0, 0.05) is 11.4 Å². The lowest BCUT2D eigenvalue weighted by atomic mass is 10.1. The number of benzene rings is 3. The minimum atomic E-state index is -4.63. The molecule has 0 fully saturated rings. The minimum Gasteiger partial charge on any atom is -0.323 e. The number of sulfonamides is 1. The summed E-state index contributed by atoms with van der Waals surface area (Å²) in [5.74, 6) is 0.739. The third kappa shape index (κ3) is 4.84. The number of anilines is 1. The Morgan fingerprint density at radius 1 is 1.03 bits per heavy atom. The molecule has 3 aromatic carbocycles. The molecule has 10 heteroatoms. The minimum absolute atomic E-state index is 0.113. The highest BCUT2D eigenvalue weighted by atomic mass is 35.5. The Bertz CT molecular complexity index is 1420. The molecule has 1 N–H and O–H groups in total. The van der Waals surface area contributed by atoms with E-state index in [1.807, 2.05) is 35.8 Å². The van der Waals surface area contributed by atoms with Gasteiger partial charge in [0.1, 0.15) is 5.82 Å². The van der Waals surface area contributed by atoms with Crippen LogP contribution in [0, 0.1) is 0 Å². The highest BCUT2D eigenvalue weighted by Gasteiger charge is 2.31. The van der Waals surface area contributed by atoms with Gasteiger partial charge in [0.2, 0.25) is 0 Å². The topological polar surface area (TPSA) is 64.0 Å². The van der Waals surface area contributed by atoms with Crippen molar-refractivity contribution in [2.45, 2.75) is 31.0 Å². The van der Waals surface area contributed by atoms with Crippen molar-refractivity contribution >= 4 is 38.3 Å². The van der Waals surface area contributed by atoms with Gasteiger partial charge in [-0.2, -0.15) is 13.2 Å². The van der Waals surface area contributed by atoms with Crippen LogP contribution in [0.2, 0.25) is 5.02 Å². The standard InChI is InChI=1S/C23H19ClF3N3O2S/c1-2-22-28-19-5-3-4-6-21(19)30(22)14-15-7-8-16(23(25,26)27)13-20(15)29-33(31,32)18-11-9-17(24)10-12-18/h3-13,29H,2,14H2,1H3. The average molecular weight is 494 g/mol. The number of hydrogen-bond donors (Lipinski definition) is 1. The molecule has 1 aromatic heterocycles. The smallest absolute Gasteiger partial charge is 0.323 e. The van der Waals surface area contributed by atoms with E-state index in [0.29, 0.717) is 17.0 Å². The lowest BCUT2D eigenvalue weighted by Crippen LogP contribution is -2.17. The molecule has 1 heterocycles. The predicted octanol–water partition coefficient (Wildman–Crippen LogP) is 6.12. The van der Waals surface area contributed by atoms with E-state index < -0.39 is 21.8 Å². The van der Waals surface area contributed by atoms with Crippen molar-refractivity contribution in [2.75, 3.05) is 4.72 Å². The van der Waals surface area contributed by atoms with E-state index in [2.05, 4.69) is 9.71 Å². The molecule has 0 spiro atoms. The van der Waals surface area contributed by atoms with Crippen molar-refractivity contribution in [1.82, 2.24) is 9.55 Å². The first kappa shape index (κ1) is 23.1. The summed E-state index contributed by atoms with van der Waals surface area (Å²) in [6.07, 6.45) is -4.03. The first-order valence-corrected chi connectivity index (χ1v) is 11.9. The third-order valence-corrected chi connectivity index (χ3v) is 6.82. The van der Waals surface area contributed by atoms with E-state index in [4.69, 9.17) is 11.6 Å². The molecule has 0 aliphatic rings. The number of alkyl halides is 3. The van der Waals surface area contributed by atoms with Gasteiger partial charge in [-0.1, -0.05) is 36.7 Å². The van der Waals surface area contributed by atoms with Crippen LogP contribution in [0.4, 0.5) is 18.9 Å². The molecule has 5 nitrogen and oxygen atoms in total. The molecule has 4 aromatic rings. The second-order valence-corrected chi connectivity index (χ2v) is 9.50. The molecule has 0 saturated carbocycles. The molecular weight excluding hydrogens is 475 g/mol. The average Bonchev–Trinajstić information content (AvgIpc) is 3.12. The highest BCUT2D eigenvalue weighted by molar-refractivity contribution is 7.92. The Labute approximate surface area is 193 Å². The van der Waals surface area contributed by atoms with Crippen molar-refractivity contribution in [3.05, 3.63) is 88.7 Å². The maximum absolute atomic E-state index is 13.4. The predicted molar refractivity (Wildman–Crippen MR) is 122 cm³/mol. The normalized spacial score (nSPS) is 12.3. The Balaban J connectivity index is 1.80. The molecule has 0 aliphatic carbocycles. The number of nitrogens with zero attached hydrogens (tertiary/aromatic N) is 2. The molecule has 0 saturated heterocycles. The number of rotatable bonds is 6. The van der Waals surface area contributed by atoms with Crippen LogP contribution in [-0.4, -0.2) is 18.0 Å². The summed E-state index contributed by atoms with van der Waals surface area (Å²) < 4.78 is 70.2. The number of aromatic nitrogens is 2. The summed E-state index contributed by atoms with van der Waals surface area (Å²) in [5, 5.41) is 0.341. The van der Waals surface area contributed by atoms with E-state index in [1.54, 1.807) is 0 Å². The Kier molecular flexibility index (Phi) is 6.11. The second-order valence-electron chi connectivity index (χ2n) is 7.39. The SMILES string of the molecule is CCc1nc2ccccc2n1Cc1ccc(C(F)(F)F)cc1NS(=O)(=O)c1ccc(Cl)cc1. The number of nitrogens with one attached hydrogen (secondary N) is 1. The quantitative estimate of drug-likeness (QED) is 0.352. The van der Waals surface area contributed by atoms with Crippen molar-refractivity contribution in [3.63, 3.8) is 0 Å². The van der Waals surface area contributed by atoms with E-state index >= 15 is 0 Å². The summed E-state index contributed by atoms with van der Waals surface area (Å²) in [6, 6.07) is 15.8. The van der Waals surface area contributed by atoms with Crippen molar-refractivity contribution in [2.24, 2.45) is 0 Å². The molecule has 172 valence electrons. The lowest BCUT2D eigenvalue weighted by Gasteiger charge is -2.17. The van der Waals surface area contributed by atoms with Crippen LogP contribution in [0.3, 0.4) is 0 Å². The maximum atomic E-state index is 13.4. The molecule has 0 radical (unpaired) electrons. The molecule has 0 atom stereocenters. The molecule has 0 aliphatic heterocycles. The van der Waals surface area contributed by atoms with Gasteiger partial charge >= 0.3 is 6.18 Å². The zero-order valence-corrected chi connectivity index (χ0v) is 19.0. The number of para-hydroxylation sites is 2. The summed E-state index contributed by atoms with van der Waals surface area (Å²) in [4.78, 5) is 4.46. The number of imidazole rings is 1. The van der Waals surface area contributed by atoms with E-state index in [1.165, 1.54) is 30.3 Å². The van der Waals surface area contributed by atoms with Crippen molar-refractivity contribution in [3.8, 4) is 0 Å². The monoisotopic (exact) mass is 493 g/mol. The zero-order valence-electron chi connectivity index (χ0n) is 17.4. The maximum Gasteiger partial charge on any atom is 0.416 e. The van der Waals surface area contributed by atoms with Gasteiger partial charge in [0.25, 0.3) is 10.0 Å². The van der Waals surface area contributed by atoms with Crippen LogP contribution >= 0.6 is 11.6 Å². The molecule has 0 bridgehead atoms. The summed E-state index contributed by atoms with van der Waals surface area (Å²) >= 11 is 5.82. The first-order chi connectivity index (χ1) is 15.6. The lowest BCUT2D eigenvalue weighted by molar-refractivity contribution is -0.137. The van der Waals surface area contributed by atoms with Gasteiger partial charge in [0.05, 0.1) is 33.7 Å². The van der Waals surface area contributed by atoms with Gasteiger partial charge in [-0.15, -0.1) is 0 Å². The largest absolute Gasteiger partial charge is 0.416 e. The Morgan fingerprint density at radius 2 is 1.73 bits per heavy atom. The molecular formula is C23H19ClF3N3O2S. The molecule has 0 unspecified atom stereocenters. The van der Waals surface area contributed by atoms with Gasteiger partial charge < -0.3 is 4.57 Å². The van der Waals surface area contributed by atoms with Crippen LogP contribution in [0.25, 0.3) is 11.0 Å². The number of aryl methyl sites for hydroxylation is 1. The van der Waals surface area contributed by atoms with E-state index in [-0.39, 0.29) is 17.1 Å². The fraction of sp³-hybridized carbons (Fsp3) is 0.174. The zero-order chi connectivity index (χ0) is 23.8. The van der Waals surface area contributed by atoms with Crippen molar-refractivity contribution < 1.29 is 21.6 Å². The van der Waals surface area contributed by atoms with Crippen LogP contribution in [-0.2, 0) is 29.2 Å². The van der Waals surface area contributed by atoms with Gasteiger partial charge in [-0.3, -0.25) is 4.72 Å². The Morgan fingerprint density at radius 3 is 2.39 bits per heavy atom. The van der Waals surface area contributed by atoms with Gasteiger partial charge in [-0.25, -0.2) is 13.4 Å². The molecule has 0 amide bonds. The third-order valence-electron chi connectivity index (χ3n) is 5.18. The van der Waals surface area contributed by atoms with Crippen LogP contribution < -0.4 is 4.72 Å². The van der Waals surface area contributed by atoms with E-state index in [9.17, 15) is 21.6 Å². The Hall–Kier alpha value is -3.04. The van der Waals surface area contributed by atoms with Crippen molar-refractivity contribution in [1.29, 1.82) is 0 Å². The second kappa shape index (κ2) is 8.72. The molecule has 33 heavy (non-hydrogen) atoms. The van der Waals surface area contributed by atoms with Crippen LogP contribution in [0.15, 0.2) is 71.6 Å². The number of fused-ring (bicyclic) bond motifs is 1. The fourth-order valence-corrected chi connectivity index (χ4v) is 4.76. The van der Waals surface area contributed by atoms with E-state index in [0.717, 1.165) is 29.0 Å². The summed E-state index contributed by atoms with van der Waals surface area (Å²) in [5.41, 5.74) is 0.828. The number of halogens is 4. The number of hydrogen-bond acceptors (Lipinski definition) is 3. The first-order valence-electron chi connectivity index (χ1n) is 10.0. The van der Waals surface area contributed by atoms with Crippen LogP contribution in [0.1, 0.15) is 23.9 Å².